The van der Waals surface area contributed by atoms with Crippen molar-refractivity contribution in [2.45, 2.75) is 13.0 Å². The Morgan fingerprint density at radius 3 is 2.67 bits per heavy atom. The predicted octanol–water partition coefficient (Wildman–Crippen LogP) is 4.29. The molecule has 4 heteroatoms. The number of rotatable bonds is 8. The molecule has 0 bridgehead atoms. The molecule has 2 rings (SSSR count). The van der Waals surface area contributed by atoms with Gasteiger partial charge in [-0.05, 0) is 46.9 Å². The van der Waals surface area contributed by atoms with E-state index in [-0.39, 0.29) is 0 Å². The lowest BCUT2D eigenvalue weighted by Gasteiger charge is -2.09. The van der Waals surface area contributed by atoms with E-state index >= 15 is 0 Å². The van der Waals surface area contributed by atoms with Crippen LogP contribution in [0.4, 0.5) is 0 Å². The van der Waals surface area contributed by atoms with Crippen LogP contribution in [0.25, 0.3) is 0 Å². The van der Waals surface area contributed by atoms with Crippen LogP contribution in [-0.4, -0.2) is 20.3 Å². The highest BCUT2D eigenvalue weighted by Gasteiger charge is 2.01. The van der Waals surface area contributed by atoms with Crippen LogP contribution >= 0.6 is 22.6 Å². The number of halogens is 1. The monoisotopic (exact) mass is 398 g/mol. The molecule has 0 radical (unpaired) electrons. The van der Waals surface area contributed by atoms with E-state index in [1.807, 2.05) is 48.5 Å². The van der Waals surface area contributed by atoms with Crippen molar-refractivity contribution in [2.24, 2.45) is 0 Å². The molecule has 3 nitrogen and oxygen atoms in total. The van der Waals surface area contributed by atoms with Crippen molar-refractivity contribution < 1.29 is 14.2 Å². The van der Waals surface area contributed by atoms with Crippen LogP contribution in [0, 0.1) is 3.57 Å². The van der Waals surface area contributed by atoms with Crippen LogP contribution in [0.1, 0.15) is 12.0 Å². The van der Waals surface area contributed by atoms with Crippen LogP contribution in [0.15, 0.2) is 48.5 Å². The van der Waals surface area contributed by atoms with Gasteiger partial charge in [0.25, 0.3) is 0 Å². The average Bonchev–Trinajstić information content (AvgIpc) is 2.51. The van der Waals surface area contributed by atoms with Crippen molar-refractivity contribution in [3.63, 3.8) is 0 Å². The molecular weight excluding hydrogens is 379 g/mol. The number of para-hydroxylation sites is 1. The summed E-state index contributed by atoms with van der Waals surface area (Å²) in [5.74, 6) is 1.78. The molecule has 0 unspecified atom stereocenters. The predicted molar refractivity (Wildman–Crippen MR) is 91.9 cm³/mol. The zero-order valence-electron chi connectivity index (χ0n) is 12.0. The minimum absolute atomic E-state index is 0.563. The van der Waals surface area contributed by atoms with Crippen molar-refractivity contribution in [3.05, 3.63) is 57.7 Å². The third-order valence-corrected chi connectivity index (χ3v) is 3.62. The summed E-state index contributed by atoms with van der Waals surface area (Å²) in [5, 5.41) is 0. The molecule has 21 heavy (non-hydrogen) atoms. The van der Waals surface area contributed by atoms with Gasteiger partial charge in [0.05, 0.1) is 26.9 Å². The van der Waals surface area contributed by atoms with Gasteiger partial charge in [0.2, 0.25) is 0 Å². The number of benzene rings is 2. The zero-order valence-corrected chi connectivity index (χ0v) is 14.2. The summed E-state index contributed by atoms with van der Waals surface area (Å²) in [6.45, 7) is 1.89. The maximum Gasteiger partial charge on any atom is 0.124 e. The molecule has 0 aliphatic carbocycles. The number of ether oxygens (including phenoxy) is 3. The molecule has 0 saturated heterocycles. The molecule has 0 N–H and O–H groups in total. The minimum Gasteiger partial charge on any atom is -0.496 e. The first-order chi connectivity index (χ1) is 10.3. The quantitative estimate of drug-likeness (QED) is 0.491. The summed E-state index contributed by atoms with van der Waals surface area (Å²) in [7, 11) is 1.67. The van der Waals surface area contributed by atoms with Crippen LogP contribution in [0.2, 0.25) is 0 Å². The van der Waals surface area contributed by atoms with Crippen molar-refractivity contribution in [1.82, 2.24) is 0 Å². The van der Waals surface area contributed by atoms with E-state index in [1.54, 1.807) is 7.11 Å². The highest BCUT2D eigenvalue weighted by Crippen LogP contribution is 2.18. The molecule has 0 aliphatic rings. The van der Waals surface area contributed by atoms with E-state index in [4.69, 9.17) is 14.2 Å². The van der Waals surface area contributed by atoms with Gasteiger partial charge in [0, 0.05) is 15.6 Å². The van der Waals surface area contributed by atoms with Gasteiger partial charge >= 0.3 is 0 Å². The second-order valence-corrected chi connectivity index (χ2v) is 5.77. The van der Waals surface area contributed by atoms with Gasteiger partial charge in [0.1, 0.15) is 11.5 Å². The average molecular weight is 398 g/mol. The summed E-state index contributed by atoms with van der Waals surface area (Å²) < 4.78 is 17.8. The van der Waals surface area contributed by atoms with Gasteiger partial charge < -0.3 is 14.2 Å². The summed E-state index contributed by atoms with van der Waals surface area (Å²) >= 11 is 2.28. The van der Waals surface area contributed by atoms with Crippen molar-refractivity contribution >= 4 is 22.6 Å². The molecule has 0 spiro atoms. The molecule has 0 saturated carbocycles. The summed E-state index contributed by atoms with van der Waals surface area (Å²) in [4.78, 5) is 0. The largest absolute Gasteiger partial charge is 0.496 e. The lowest BCUT2D eigenvalue weighted by molar-refractivity contribution is 0.105. The Morgan fingerprint density at radius 2 is 1.86 bits per heavy atom. The van der Waals surface area contributed by atoms with Crippen molar-refractivity contribution in [3.8, 4) is 11.5 Å². The first-order valence-electron chi connectivity index (χ1n) is 6.87. The molecule has 112 valence electrons. The van der Waals surface area contributed by atoms with Crippen molar-refractivity contribution in [1.29, 1.82) is 0 Å². The lowest BCUT2D eigenvalue weighted by Crippen LogP contribution is -2.04. The Hall–Kier alpha value is -1.27. The third-order valence-electron chi connectivity index (χ3n) is 2.95. The van der Waals surface area contributed by atoms with Gasteiger partial charge in [-0.1, -0.05) is 24.3 Å². The maximum atomic E-state index is 5.67. The topological polar surface area (TPSA) is 27.7 Å². The number of hydrogen-bond acceptors (Lipinski definition) is 3. The Balaban J connectivity index is 1.64. The first kappa shape index (κ1) is 16.1. The third kappa shape index (κ3) is 5.55. The first-order valence-corrected chi connectivity index (χ1v) is 7.95. The highest BCUT2D eigenvalue weighted by atomic mass is 127. The van der Waals surface area contributed by atoms with Crippen LogP contribution in [0.3, 0.4) is 0 Å². The summed E-state index contributed by atoms with van der Waals surface area (Å²) in [6, 6.07) is 15.9. The second kappa shape index (κ2) is 8.89. The van der Waals surface area contributed by atoms with Gasteiger partial charge in [-0.15, -0.1) is 0 Å². The van der Waals surface area contributed by atoms with E-state index in [2.05, 4.69) is 22.6 Å². The summed E-state index contributed by atoms with van der Waals surface area (Å²) in [5.41, 5.74) is 1.07. The molecule has 0 heterocycles. The van der Waals surface area contributed by atoms with Crippen LogP contribution in [0.5, 0.6) is 11.5 Å². The van der Waals surface area contributed by atoms with E-state index in [0.717, 1.165) is 23.5 Å². The zero-order chi connectivity index (χ0) is 14.9. The van der Waals surface area contributed by atoms with E-state index in [9.17, 15) is 0 Å². The van der Waals surface area contributed by atoms with Crippen LogP contribution < -0.4 is 9.47 Å². The van der Waals surface area contributed by atoms with Crippen molar-refractivity contribution in [2.75, 3.05) is 20.3 Å². The van der Waals surface area contributed by atoms with Gasteiger partial charge in [-0.2, -0.15) is 0 Å². The molecule has 0 amide bonds. The molecule has 0 aliphatic heterocycles. The normalized spacial score (nSPS) is 10.4. The van der Waals surface area contributed by atoms with E-state index in [1.165, 1.54) is 3.57 Å². The Labute approximate surface area is 139 Å². The lowest BCUT2D eigenvalue weighted by atomic mass is 10.2. The molecule has 0 aromatic heterocycles. The SMILES string of the molecule is COc1ccccc1COCCCOc1cccc(I)c1. The fraction of sp³-hybridized carbons (Fsp3) is 0.294. The van der Waals surface area contributed by atoms with Gasteiger partial charge in [-0.3, -0.25) is 0 Å². The Bertz CT molecular complexity index is 557. The Morgan fingerprint density at radius 1 is 1.00 bits per heavy atom. The smallest absolute Gasteiger partial charge is 0.124 e. The minimum atomic E-state index is 0.563. The van der Waals surface area contributed by atoms with Gasteiger partial charge in [0.15, 0.2) is 0 Å². The molecule has 2 aromatic carbocycles. The molecule has 0 fully saturated rings. The fourth-order valence-electron chi connectivity index (χ4n) is 1.91. The van der Waals surface area contributed by atoms with Crippen LogP contribution in [-0.2, 0) is 11.3 Å². The highest BCUT2D eigenvalue weighted by molar-refractivity contribution is 14.1. The van der Waals surface area contributed by atoms with E-state index < -0.39 is 0 Å². The number of hydrogen-bond donors (Lipinski definition) is 0. The van der Waals surface area contributed by atoms with E-state index in [0.29, 0.717) is 19.8 Å². The maximum absolute atomic E-state index is 5.67. The standard InChI is InChI=1S/C17H19IO3/c1-19-17-9-3-2-6-14(17)13-20-10-5-11-21-16-8-4-7-15(18)12-16/h2-4,6-9,12H,5,10-11,13H2,1H3. The second-order valence-electron chi connectivity index (χ2n) is 4.52. The van der Waals surface area contributed by atoms with Gasteiger partial charge in [-0.25, -0.2) is 0 Å². The summed E-state index contributed by atoms with van der Waals surface area (Å²) in [6.07, 6.45) is 0.862. The molecule has 0 atom stereocenters. The Kier molecular flexibility index (Phi) is 6.82. The fourth-order valence-corrected chi connectivity index (χ4v) is 2.43. The molecular formula is C17H19IO3. The number of methoxy groups -OCH3 is 1. The molecule has 2 aromatic rings.